The van der Waals surface area contributed by atoms with E-state index < -0.39 is 0 Å². The van der Waals surface area contributed by atoms with Gasteiger partial charge >= 0.3 is 0 Å². The standard InChI is InChI=1S/C17H25ClN4O2/c1-5-10-19-17(20-13-16(23)21(2)3)22(4)11-12-24-15-8-6-14(18)7-9-15/h5-9H,1,10-13H2,2-4H3,(H,19,20). The Labute approximate surface area is 148 Å². The van der Waals surface area contributed by atoms with Gasteiger partial charge in [0.1, 0.15) is 18.9 Å². The van der Waals surface area contributed by atoms with Gasteiger partial charge < -0.3 is 19.9 Å². The summed E-state index contributed by atoms with van der Waals surface area (Å²) < 4.78 is 5.67. The van der Waals surface area contributed by atoms with Gasteiger partial charge in [0.05, 0.1) is 6.54 Å². The molecular formula is C17H25ClN4O2. The molecule has 24 heavy (non-hydrogen) atoms. The van der Waals surface area contributed by atoms with E-state index in [0.29, 0.717) is 30.7 Å². The maximum atomic E-state index is 11.7. The molecule has 0 aliphatic heterocycles. The van der Waals surface area contributed by atoms with Crippen molar-refractivity contribution in [2.24, 2.45) is 4.99 Å². The van der Waals surface area contributed by atoms with E-state index >= 15 is 0 Å². The second kappa shape index (κ2) is 10.5. The minimum Gasteiger partial charge on any atom is -0.492 e. The third-order valence-corrected chi connectivity index (χ3v) is 3.39. The van der Waals surface area contributed by atoms with Crippen LogP contribution in [-0.4, -0.2) is 69.1 Å². The number of likely N-dealkylation sites (N-methyl/N-ethyl adjacent to an activating group) is 2. The highest BCUT2D eigenvalue weighted by Crippen LogP contribution is 2.15. The highest BCUT2D eigenvalue weighted by atomic mass is 35.5. The molecule has 0 bridgehead atoms. The fraction of sp³-hybridized carbons (Fsp3) is 0.412. The Morgan fingerprint density at radius 1 is 1.33 bits per heavy atom. The van der Waals surface area contributed by atoms with Crippen molar-refractivity contribution in [2.45, 2.75) is 0 Å². The number of guanidine groups is 1. The van der Waals surface area contributed by atoms with Crippen LogP contribution in [0.2, 0.25) is 5.02 Å². The Morgan fingerprint density at radius 2 is 2.00 bits per heavy atom. The molecule has 0 unspecified atom stereocenters. The Kier molecular flexibility index (Phi) is 8.71. The lowest BCUT2D eigenvalue weighted by Crippen LogP contribution is -2.41. The van der Waals surface area contributed by atoms with Crippen LogP contribution in [0.3, 0.4) is 0 Å². The average molecular weight is 353 g/mol. The molecule has 0 aromatic heterocycles. The van der Waals surface area contributed by atoms with Gasteiger partial charge in [-0.2, -0.15) is 0 Å². The first-order chi connectivity index (χ1) is 11.4. The lowest BCUT2D eigenvalue weighted by Gasteiger charge is -2.22. The largest absolute Gasteiger partial charge is 0.492 e. The number of hydrogen-bond donors (Lipinski definition) is 1. The monoisotopic (exact) mass is 352 g/mol. The van der Waals surface area contributed by atoms with E-state index in [1.54, 1.807) is 32.3 Å². The highest BCUT2D eigenvalue weighted by molar-refractivity contribution is 6.30. The van der Waals surface area contributed by atoms with Crippen LogP contribution in [0.1, 0.15) is 0 Å². The number of benzene rings is 1. The molecule has 0 saturated carbocycles. The lowest BCUT2D eigenvalue weighted by molar-refractivity contribution is -0.127. The van der Waals surface area contributed by atoms with Crippen molar-refractivity contribution in [3.05, 3.63) is 41.9 Å². The molecule has 0 saturated heterocycles. The van der Waals surface area contributed by atoms with E-state index in [9.17, 15) is 4.79 Å². The molecule has 0 radical (unpaired) electrons. The number of aliphatic imine (C=N–C) groups is 1. The molecule has 7 heteroatoms. The number of hydrogen-bond acceptors (Lipinski definition) is 3. The van der Waals surface area contributed by atoms with E-state index in [2.05, 4.69) is 16.9 Å². The van der Waals surface area contributed by atoms with Crippen LogP contribution in [0, 0.1) is 0 Å². The Balaban J connectivity index is 2.54. The van der Waals surface area contributed by atoms with Crippen molar-refractivity contribution in [1.29, 1.82) is 0 Å². The van der Waals surface area contributed by atoms with Crippen LogP contribution >= 0.6 is 11.6 Å². The molecule has 0 atom stereocenters. The van der Waals surface area contributed by atoms with Crippen molar-refractivity contribution in [3.8, 4) is 5.75 Å². The SMILES string of the molecule is C=CCNC(=NCC(=O)N(C)C)N(C)CCOc1ccc(Cl)cc1. The summed E-state index contributed by atoms with van der Waals surface area (Å²) >= 11 is 5.84. The van der Waals surface area contributed by atoms with Gasteiger partial charge in [0.2, 0.25) is 5.91 Å². The highest BCUT2D eigenvalue weighted by Gasteiger charge is 2.08. The predicted octanol–water partition coefficient (Wildman–Crippen LogP) is 1.87. The summed E-state index contributed by atoms with van der Waals surface area (Å²) in [7, 11) is 5.30. The molecule has 0 aliphatic carbocycles. The minimum absolute atomic E-state index is 0.0567. The number of nitrogens with zero attached hydrogens (tertiary/aromatic N) is 3. The number of nitrogens with one attached hydrogen (secondary N) is 1. The summed E-state index contributed by atoms with van der Waals surface area (Å²) in [6, 6.07) is 7.21. The van der Waals surface area contributed by atoms with E-state index in [-0.39, 0.29) is 12.5 Å². The van der Waals surface area contributed by atoms with Crippen molar-refractivity contribution < 1.29 is 9.53 Å². The fourth-order valence-corrected chi connectivity index (χ4v) is 1.82. The lowest BCUT2D eigenvalue weighted by atomic mass is 10.3. The second-order valence-corrected chi connectivity index (χ2v) is 5.76. The van der Waals surface area contributed by atoms with E-state index in [0.717, 1.165) is 5.75 Å². The molecule has 1 aromatic carbocycles. The third-order valence-electron chi connectivity index (χ3n) is 3.14. The van der Waals surface area contributed by atoms with Crippen LogP contribution in [0.4, 0.5) is 0 Å². The summed E-state index contributed by atoms with van der Waals surface area (Å²) in [5.41, 5.74) is 0. The average Bonchev–Trinajstić information content (AvgIpc) is 2.56. The van der Waals surface area contributed by atoms with Gasteiger partial charge in [-0.3, -0.25) is 4.79 Å². The summed E-state index contributed by atoms with van der Waals surface area (Å²) in [6.45, 7) is 5.43. The molecule has 1 amide bonds. The second-order valence-electron chi connectivity index (χ2n) is 5.32. The van der Waals surface area contributed by atoms with Crippen molar-refractivity contribution in [1.82, 2.24) is 15.1 Å². The maximum absolute atomic E-state index is 11.7. The van der Waals surface area contributed by atoms with Crippen LogP contribution in [0.15, 0.2) is 41.9 Å². The molecule has 0 aliphatic rings. The molecule has 1 rings (SSSR count). The van der Waals surface area contributed by atoms with E-state index in [1.807, 2.05) is 24.1 Å². The summed E-state index contributed by atoms with van der Waals surface area (Å²) in [5.74, 6) is 1.33. The molecular weight excluding hydrogens is 328 g/mol. The smallest absolute Gasteiger partial charge is 0.243 e. The maximum Gasteiger partial charge on any atom is 0.243 e. The molecule has 6 nitrogen and oxygen atoms in total. The fourth-order valence-electron chi connectivity index (χ4n) is 1.70. The topological polar surface area (TPSA) is 57.2 Å². The van der Waals surface area contributed by atoms with Crippen LogP contribution in [0.25, 0.3) is 0 Å². The van der Waals surface area contributed by atoms with Gasteiger partial charge in [-0.1, -0.05) is 17.7 Å². The minimum atomic E-state index is -0.0567. The van der Waals surface area contributed by atoms with Crippen LogP contribution in [-0.2, 0) is 4.79 Å². The Bertz CT molecular complexity index is 558. The van der Waals surface area contributed by atoms with Gasteiger partial charge in [-0.15, -0.1) is 6.58 Å². The van der Waals surface area contributed by atoms with Crippen LogP contribution < -0.4 is 10.1 Å². The number of halogens is 1. The summed E-state index contributed by atoms with van der Waals surface area (Å²) in [4.78, 5) is 19.4. The normalized spacial score (nSPS) is 10.9. The first kappa shape index (κ1) is 19.8. The Morgan fingerprint density at radius 3 is 2.58 bits per heavy atom. The number of rotatable bonds is 8. The van der Waals surface area contributed by atoms with Gasteiger partial charge in [0.15, 0.2) is 5.96 Å². The van der Waals surface area contributed by atoms with Gasteiger partial charge in [-0.05, 0) is 24.3 Å². The van der Waals surface area contributed by atoms with Crippen LogP contribution in [0.5, 0.6) is 5.75 Å². The molecule has 132 valence electrons. The molecule has 0 heterocycles. The van der Waals surface area contributed by atoms with Gasteiger partial charge in [-0.25, -0.2) is 4.99 Å². The quantitative estimate of drug-likeness (QED) is 0.441. The van der Waals surface area contributed by atoms with E-state index in [1.165, 1.54) is 4.90 Å². The van der Waals surface area contributed by atoms with Gasteiger partial charge in [0.25, 0.3) is 0 Å². The predicted molar refractivity (Wildman–Crippen MR) is 98.8 cm³/mol. The van der Waals surface area contributed by atoms with Crippen molar-refractivity contribution in [2.75, 3.05) is 47.4 Å². The van der Waals surface area contributed by atoms with Crippen molar-refractivity contribution in [3.63, 3.8) is 0 Å². The Hall–Kier alpha value is -2.21. The zero-order valence-electron chi connectivity index (χ0n) is 14.5. The number of amides is 1. The summed E-state index contributed by atoms with van der Waals surface area (Å²) in [5, 5.41) is 3.81. The van der Waals surface area contributed by atoms with Crippen molar-refractivity contribution >= 4 is 23.5 Å². The molecule has 1 N–H and O–H groups in total. The first-order valence-corrected chi connectivity index (χ1v) is 8.00. The third kappa shape index (κ3) is 7.37. The number of carbonyl (C=O) groups is 1. The van der Waals surface area contributed by atoms with E-state index in [4.69, 9.17) is 16.3 Å². The first-order valence-electron chi connectivity index (χ1n) is 7.63. The van der Waals surface area contributed by atoms with Gasteiger partial charge in [0, 0.05) is 32.7 Å². The number of carbonyl (C=O) groups excluding carboxylic acids is 1. The zero-order valence-corrected chi connectivity index (χ0v) is 15.2. The molecule has 1 aromatic rings. The zero-order chi connectivity index (χ0) is 17.9. The molecule has 0 fully saturated rings. The molecule has 0 spiro atoms. The number of ether oxygens (including phenoxy) is 1. The summed E-state index contributed by atoms with van der Waals surface area (Å²) in [6.07, 6.45) is 1.74.